The van der Waals surface area contributed by atoms with Gasteiger partial charge in [-0.3, -0.25) is 0 Å². The van der Waals surface area contributed by atoms with Crippen LogP contribution in [-0.2, 0) is 6.54 Å². The molecule has 9 heteroatoms. The molecule has 1 heterocycles. The SMILES string of the molecule is CCCOc1ccc(CNc2cnc(C(=O)O)cn2)c(OC(F)F)c1. The fourth-order valence-corrected chi connectivity index (χ4v) is 1.91. The second-order valence-corrected chi connectivity index (χ2v) is 4.94. The van der Waals surface area contributed by atoms with E-state index in [4.69, 9.17) is 9.84 Å². The van der Waals surface area contributed by atoms with Gasteiger partial charge < -0.3 is 19.9 Å². The van der Waals surface area contributed by atoms with Gasteiger partial charge in [0.2, 0.25) is 0 Å². The number of nitrogens with one attached hydrogen (secondary N) is 1. The molecule has 2 aromatic rings. The molecule has 0 saturated heterocycles. The normalized spacial score (nSPS) is 10.6. The van der Waals surface area contributed by atoms with Crippen molar-refractivity contribution in [3.63, 3.8) is 0 Å². The van der Waals surface area contributed by atoms with E-state index < -0.39 is 12.6 Å². The van der Waals surface area contributed by atoms with Crippen LogP contribution in [0.15, 0.2) is 30.6 Å². The molecule has 0 fully saturated rings. The Kier molecular flexibility index (Phi) is 6.44. The number of halogens is 2. The van der Waals surface area contributed by atoms with Crippen LogP contribution in [0.25, 0.3) is 0 Å². The van der Waals surface area contributed by atoms with E-state index in [1.165, 1.54) is 12.3 Å². The average Bonchev–Trinajstić information content (AvgIpc) is 2.59. The molecule has 1 aromatic carbocycles. The summed E-state index contributed by atoms with van der Waals surface area (Å²) in [4.78, 5) is 18.3. The van der Waals surface area contributed by atoms with Gasteiger partial charge in [-0.15, -0.1) is 0 Å². The molecule has 7 nitrogen and oxygen atoms in total. The minimum atomic E-state index is -2.96. The quantitative estimate of drug-likeness (QED) is 0.715. The first-order valence-electron chi connectivity index (χ1n) is 7.49. The Labute approximate surface area is 142 Å². The van der Waals surface area contributed by atoms with Gasteiger partial charge in [-0.05, 0) is 18.6 Å². The van der Waals surface area contributed by atoms with Gasteiger partial charge in [0, 0.05) is 18.2 Å². The molecule has 2 N–H and O–H groups in total. The van der Waals surface area contributed by atoms with Crippen molar-refractivity contribution in [3.8, 4) is 11.5 Å². The van der Waals surface area contributed by atoms with Gasteiger partial charge >= 0.3 is 12.6 Å². The maximum absolute atomic E-state index is 12.6. The lowest BCUT2D eigenvalue weighted by molar-refractivity contribution is -0.0505. The minimum Gasteiger partial charge on any atom is -0.493 e. The molecule has 25 heavy (non-hydrogen) atoms. The molecule has 0 atom stereocenters. The number of rotatable bonds is 9. The molecule has 0 aliphatic carbocycles. The topological polar surface area (TPSA) is 93.6 Å². The van der Waals surface area contributed by atoms with Crippen molar-refractivity contribution in [3.05, 3.63) is 41.9 Å². The predicted octanol–water partition coefficient (Wildman–Crippen LogP) is 3.18. The van der Waals surface area contributed by atoms with Crippen molar-refractivity contribution in [2.45, 2.75) is 26.5 Å². The molecule has 134 valence electrons. The number of hydrogen-bond acceptors (Lipinski definition) is 6. The average molecular weight is 353 g/mol. The van der Waals surface area contributed by atoms with Crippen LogP contribution in [0.2, 0.25) is 0 Å². The van der Waals surface area contributed by atoms with Crippen LogP contribution in [0, 0.1) is 0 Å². The van der Waals surface area contributed by atoms with Gasteiger partial charge in [-0.2, -0.15) is 8.78 Å². The van der Waals surface area contributed by atoms with Crippen LogP contribution in [0.5, 0.6) is 11.5 Å². The lowest BCUT2D eigenvalue weighted by Gasteiger charge is -2.14. The first-order chi connectivity index (χ1) is 12.0. The number of benzene rings is 1. The molecule has 0 saturated carbocycles. The number of aromatic carboxylic acids is 1. The van der Waals surface area contributed by atoms with E-state index in [-0.39, 0.29) is 18.0 Å². The van der Waals surface area contributed by atoms with Crippen molar-refractivity contribution in [2.75, 3.05) is 11.9 Å². The summed E-state index contributed by atoms with van der Waals surface area (Å²) in [6, 6.07) is 4.66. The summed E-state index contributed by atoms with van der Waals surface area (Å²) in [7, 11) is 0. The van der Waals surface area contributed by atoms with Crippen LogP contribution >= 0.6 is 0 Å². The predicted molar refractivity (Wildman–Crippen MR) is 85.2 cm³/mol. The molecule has 0 radical (unpaired) electrons. The highest BCUT2D eigenvalue weighted by molar-refractivity contribution is 5.84. The van der Waals surface area contributed by atoms with Gasteiger partial charge in [0.05, 0.1) is 19.0 Å². The van der Waals surface area contributed by atoms with E-state index in [1.54, 1.807) is 12.1 Å². The van der Waals surface area contributed by atoms with Gasteiger partial charge in [-0.25, -0.2) is 14.8 Å². The van der Waals surface area contributed by atoms with Crippen molar-refractivity contribution in [2.24, 2.45) is 0 Å². The Morgan fingerprint density at radius 3 is 2.72 bits per heavy atom. The maximum Gasteiger partial charge on any atom is 0.387 e. The Morgan fingerprint density at radius 1 is 1.32 bits per heavy atom. The lowest BCUT2D eigenvalue weighted by Crippen LogP contribution is -2.09. The molecular formula is C16H17F2N3O4. The van der Waals surface area contributed by atoms with Crippen molar-refractivity contribution >= 4 is 11.8 Å². The molecule has 0 amide bonds. The zero-order valence-corrected chi connectivity index (χ0v) is 13.4. The first-order valence-corrected chi connectivity index (χ1v) is 7.49. The van der Waals surface area contributed by atoms with Crippen LogP contribution < -0.4 is 14.8 Å². The number of carboxylic acid groups (broad SMARTS) is 1. The van der Waals surface area contributed by atoms with Crippen molar-refractivity contribution in [1.82, 2.24) is 9.97 Å². The summed E-state index contributed by atoms with van der Waals surface area (Å²) in [6.45, 7) is -0.422. The number of carboxylic acids is 1. The highest BCUT2D eigenvalue weighted by Gasteiger charge is 2.12. The molecule has 0 bridgehead atoms. The van der Waals surface area contributed by atoms with Gasteiger partial charge in [0.1, 0.15) is 17.3 Å². The maximum atomic E-state index is 12.6. The van der Waals surface area contributed by atoms with E-state index in [9.17, 15) is 13.6 Å². The molecular weight excluding hydrogens is 336 g/mol. The third-order valence-electron chi connectivity index (χ3n) is 3.06. The standard InChI is InChI=1S/C16H17F2N3O4/c1-2-5-24-11-4-3-10(13(6-11)25-16(17)18)7-20-14-9-19-12(8-21-14)15(22)23/h3-4,6,8-9,16H,2,5,7H2,1H3,(H,20,21)(H,22,23). The second-order valence-electron chi connectivity index (χ2n) is 4.94. The summed E-state index contributed by atoms with van der Waals surface area (Å²) < 4.78 is 35.2. The van der Waals surface area contributed by atoms with Crippen molar-refractivity contribution in [1.29, 1.82) is 0 Å². The summed E-state index contributed by atoms with van der Waals surface area (Å²) in [5.41, 5.74) is 0.276. The smallest absolute Gasteiger partial charge is 0.387 e. The Morgan fingerprint density at radius 2 is 2.12 bits per heavy atom. The Bertz CT molecular complexity index is 711. The highest BCUT2D eigenvalue weighted by Crippen LogP contribution is 2.27. The molecule has 0 aliphatic rings. The summed E-state index contributed by atoms with van der Waals surface area (Å²) in [6.07, 6.45) is 3.14. The molecule has 2 rings (SSSR count). The van der Waals surface area contributed by atoms with Crippen LogP contribution in [-0.4, -0.2) is 34.3 Å². The Balaban J connectivity index is 2.09. The molecule has 0 aliphatic heterocycles. The highest BCUT2D eigenvalue weighted by atomic mass is 19.3. The first kappa shape index (κ1) is 18.4. The molecule has 1 aromatic heterocycles. The third kappa shape index (κ3) is 5.55. The van der Waals surface area contributed by atoms with Crippen LogP contribution in [0.1, 0.15) is 29.4 Å². The van der Waals surface area contributed by atoms with Gasteiger partial charge in [-0.1, -0.05) is 6.92 Å². The number of anilines is 1. The fraction of sp³-hybridized carbons (Fsp3) is 0.312. The molecule has 0 spiro atoms. The number of ether oxygens (including phenoxy) is 2. The third-order valence-corrected chi connectivity index (χ3v) is 3.06. The largest absolute Gasteiger partial charge is 0.493 e. The summed E-state index contributed by atoms with van der Waals surface area (Å²) in [5, 5.41) is 11.6. The van der Waals surface area contributed by atoms with E-state index in [2.05, 4.69) is 20.0 Å². The zero-order chi connectivity index (χ0) is 18.2. The zero-order valence-electron chi connectivity index (χ0n) is 13.4. The van der Waals surface area contributed by atoms with Gasteiger partial charge in [0.15, 0.2) is 5.69 Å². The number of alkyl halides is 2. The molecule has 0 unspecified atom stereocenters. The minimum absolute atomic E-state index is 0.00813. The Hall–Kier alpha value is -2.97. The van der Waals surface area contributed by atoms with E-state index in [0.717, 1.165) is 12.6 Å². The van der Waals surface area contributed by atoms with E-state index in [1.807, 2.05) is 6.92 Å². The second kappa shape index (κ2) is 8.76. The van der Waals surface area contributed by atoms with Crippen molar-refractivity contribution < 1.29 is 28.2 Å². The fourth-order valence-electron chi connectivity index (χ4n) is 1.91. The summed E-state index contributed by atoms with van der Waals surface area (Å²) >= 11 is 0. The lowest BCUT2D eigenvalue weighted by atomic mass is 10.2. The number of carbonyl (C=O) groups is 1. The van der Waals surface area contributed by atoms with E-state index in [0.29, 0.717) is 23.7 Å². The van der Waals surface area contributed by atoms with Crippen LogP contribution in [0.3, 0.4) is 0 Å². The van der Waals surface area contributed by atoms with Gasteiger partial charge in [0.25, 0.3) is 0 Å². The summed E-state index contributed by atoms with van der Waals surface area (Å²) in [5.74, 6) is -0.452. The van der Waals surface area contributed by atoms with Crippen LogP contribution in [0.4, 0.5) is 14.6 Å². The number of nitrogens with zero attached hydrogens (tertiary/aromatic N) is 2. The monoisotopic (exact) mass is 353 g/mol. The van der Waals surface area contributed by atoms with E-state index >= 15 is 0 Å². The number of aromatic nitrogens is 2. The number of hydrogen-bond donors (Lipinski definition) is 2.